The highest BCUT2D eigenvalue weighted by atomic mass is 19.1. The van der Waals surface area contributed by atoms with Gasteiger partial charge in [-0.05, 0) is 12.1 Å². The minimum absolute atomic E-state index is 0.138. The maximum Gasteiger partial charge on any atom is 0.295 e. The molecule has 0 aliphatic heterocycles. The van der Waals surface area contributed by atoms with Crippen molar-refractivity contribution in [1.82, 2.24) is 9.97 Å². The highest BCUT2D eigenvalue weighted by Crippen LogP contribution is 2.27. The second-order valence-corrected chi connectivity index (χ2v) is 3.45. The van der Waals surface area contributed by atoms with Crippen molar-refractivity contribution in [3.8, 4) is 0 Å². The Kier molecular flexibility index (Phi) is 3.42. The van der Waals surface area contributed by atoms with Gasteiger partial charge < -0.3 is 5.32 Å². The van der Waals surface area contributed by atoms with Crippen LogP contribution >= 0.6 is 0 Å². The van der Waals surface area contributed by atoms with Crippen molar-refractivity contribution in [3.63, 3.8) is 0 Å². The number of benzene rings is 1. The van der Waals surface area contributed by atoms with Crippen LogP contribution in [0.5, 0.6) is 0 Å². The third kappa shape index (κ3) is 2.57. The Morgan fingerprint density at radius 3 is 2.89 bits per heavy atom. The molecule has 0 atom stereocenters. The Balaban J connectivity index is 2.21. The summed E-state index contributed by atoms with van der Waals surface area (Å²) < 4.78 is 13.5. The van der Waals surface area contributed by atoms with Crippen LogP contribution in [-0.2, 0) is 6.54 Å². The first kappa shape index (κ1) is 11.9. The number of anilines is 1. The monoisotopic (exact) mass is 248 g/mol. The second kappa shape index (κ2) is 5.17. The van der Waals surface area contributed by atoms with Crippen molar-refractivity contribution >= 4 is 11.4 Å². The Morgan fingerprint density at radius 1 is 1.39 bits per heavy atom. The second-order valence-electron chi connectivity index (χ2n) is 3.45. The molecule has 1 N–H and O–H groups in total. The molecule has 7 heteroatoms. The van der Waals surface area contributed by atoms with E-state index in [0.717, 1.165) is 6.07 Å². The number of nitro benzene ring substituents is 1. The smallest absolute Gasteiger partial charge is 0.295 e. The normalized spacial score (nSPS) is 10.1. The van der Waals surface area contributed by atoms with Gasteiger partial charge in [0.25, 0.3) is 5.69 Å². The van der Waals surface area contributed by atoms with Gasteiger partial charge in [0.1, 0.15) is 12.0 Å². The van der Waals surface area contributed by atoms with Crippen molar-refractivity contribution in [2.45, 2.75) is 6.54 Å². The van der Waals surface area contributed by atoms with Crippen molar-refractivity contribution in [1.29, 1.82) is 0 Å². The van der Waals surface area contributed by atoms with Crippen LogP contribution in [0.3, 0.4) is 0 Å². The largest absolute Gasteiger partial charge is 0.371 e. The highest BCUT2D eigenvalue weighted by molar-refractivity contribution is 5.62. The van der Waals surface area contributed by atoms with E-state index < -0.39 is 10.7 Å². The van der Waals surface area contributed by atoms with Crippen molar-refractivity contribution in [2.75, 3.05) is 5.32 Å². The number of nitro groups is 1. The fourth-order valence-electron chi connectivity index (χ4n) is 1.44. The summed E-state index contributed by atoms with van der Waals surface area (Å²) in [5.74, 6) is -0.668. The van der Waals surface area contributed by atoms with Crippen LogP contribution in [0.15, 0.2) is 36.8 Å². The van der Waals surface area contributed by atoms with Crippen LogP contribution in [0, 0.1) is 15.9 Å². The minimum Gasteiger partial charge on any atom is -0.371 e. The zero-order valence-corrected chi connectivity index (χ0v) is 9.21. The third-order valence-corrected chi connectivity index (χ3v) is 2.28. The predicted molar refractivity (Wildman–Crippen MR) is 62.4 cm³/mol. The van der Waals surface area contributed by atoms with E-state index in [2.05, 4.69) is 15.3 Å². The number of nitrogens with zero attached hydrogens (tertiary/aromatic N) is 3. The summed E-state index contributed by atoms with van der Waals surface area (Å²) in [6, 6.07) is 5.34. The van der Waals surface area contributed by atoms with Gasteiger partial charge in [0, 0.05) is 12.3 Å². The average molecular weight is 248 g/mol. The summed E-state index contributed by atoms with van der Waals surface area (Å²) in [5, 5.41) is 13.4. The van der Waals surface area contributed by atoms with Gasteiger partial charge in [-0.2, -0.15) is 0 Å². The summed E-state index contributed by atoms with van der Waals surface area (Å²) >= 11 is 0. The van der Waals surface area contributed by atoms with Gasteiger partial charge in [-0.1, -0.05) is 6.07 Å². The van der Waals surface area contributed by atoms with Gasteiger partial charge in [0.15, 0.2) is 5.82 Å². The Labute approximate surface area is 102 Å². The van der Waals surface area contributed by atoms with Crippen LogP contribution in [0.2, 0.25) is 0 Å². The van der Waals surface area contributed by atoms with Crippen LogP contribution < -0.4 is 5.32 Å². The first-order valence-electron chi connectivity index (χ1n) is 5.10. The van der Waals surface area contributed by atoms with E-state index in [4.69, 9.17) is 0 Å². The maximum atomic E-state index is 13.5. The molecule has 0 unspecified atom stereocenters. The Bertz CT molecular complexity index is 562. The van der Waals surface area contributed by atoms with E-state index in [1.807, 2.05) is 0 Å². The number of hydrogen-bond acceptors (Lipinski definition) is 5. The standard InChI is InChI=1S/C11H9FN4O2/c12-9-2-1-3-10(16(17)18)11(9)14-6-8-4-5-13-7-15-8/h1-5,7,14H,6H2. The van der Waals surface area contributed by atoms with Crippen LogP contribution in [0.25, 0.3) is 0 Å². The lowest BCUT2D eigenvalue weighted by Gasteiger charge is -2.07. The van der Waals surface area contributed by atoms with Gasteiger partial charge in [0.05, 0.1) is 17.2 Å². The maximum absolute atomic E-state index is 13.5. The topological polar surface area (TPSA) is 81.0 Å². The molecule has 0 spiro atoms. The number of halogens is 1. The van der Waals surface area contributed by atoms with Crippen molar-refractivity contribution in [3.05, 3.63) is 58.4 Å². The van der Waals surface area contributed by atoms with Gasteiger partial charge in [-0.25, -0.2) is 14.4 Å². The number of para-hydroxylation sites is 1. The molecular weight excluding hydrogens is 239 g/mol. The lowest BCUT2D eigenvalue weighted by Crippen LogP contribution is -2.06. The van der Waals surface area contributed by atoms with E-state index in [-0.39, 0.29) is 17.9 Å². The minimum atomic E-state index is -0.668. The molecule has 18 heavy (non-hydrogen) atoms. The summed E-state index contributed by atoms with van der Waals surface area (Å²) in [4.78, 5) is 17.8. The van der Waals surface area contributed by atoms with Gasteiger partial charge in [-0.3, -0.25) is 10.1 Å². The fourth-order valence-corrected chi connectivity index (χ4v) is 1.44. The van der Waals surface area contributed by atoms with Gasteiger partial charge in [0.2, 0.25) is 0 Å². The van der Waals surface area contributed by atoms with E-state index in [9.17, 15) is 14.5 Å². The predicted octanol–water partition coefficient (Wildman–Crippen LogP) is 2.14. The zero-order valence-electron chi connectivity index (χ0n) is 9.21. The molecule has 0 aliphatic carbocycles. The van der Waals surface area contributed by atoms with Gasteiger partial charge in [-0.15, -0.1) is 0 Å². The summed E-state index contributed by atoms with van der Waals surface area (Å²) in [6.45, 7) is 0.185. The molecule has 0 fully saturated rings. The van der Waals surface area contributed by atoms with E-state index in [1.165, 1.54) is 18.5 Å². The first-order chi connectivity index (χ1) is 8.68. The van der Waals surface area contributed by atoms with E-state index >= 15 is 0 Å². The molecule has 1 aromatic carbocycles. The molecule has 2 aromatic rings. The molecule has 2 rings (SSSR count). The van der Waals surface area contributed by atoms with Crippen LogP contribution in [0.4, 0.5) is 15.8 Å². The Hall–Kier alpha value is -2.57. The molecule has 0 amide bonds. The Morgan fingerprint density at radius 2 is 2.22 bits per heavy atom. The van der Waals surface area contributed by atoms with Crippen LogP contribution in [0.1, 0.15) is 5.69 Å². The molecule has 0 saturated carbocycles. The molecule has 0 saturated heterocycles. The number of hydrogen-bond donors (Lipinski definition) is 1. The molecule has 6 nitrogen and oxygen atoms in total. The lowest BCUT2D eigenvalue weighted by atomic mass is 10.2. The fraction of sp³-hybridized carbons (Fsp3) is 0.0909. The summed E-state index contributed by atoms with van der Waals surface area (Å²) in [7, 11) is 0. The average Bonchev–Trinajstić information content (AvgIpc) is 2.38. The third-order valence-electron chi connectivity index (χ3n) is 2.28. The zero-order chi connectivity index (χ0) is 13.0. The number of nitrogens with one attached hydrogen (secondary N) is 1. The SMILES string of the molecule is O=[N+]([O-])c1cccc(F)c1NCc1ccncn1. The van der Waals surface area contributed by atoms with Gasteiger partial charge >= 0.3 is 0 Å². The molecule has 0 bridgehead atoms. The first-order valence-corrected chi connectivity index (χ1v) is 5.10. The molecule has 1 aromatic heterocycles. The summed E-state index contributed by atoms with van der Waals surface area (Å²) in [5.41, 5.74) is 0.174. The molecule has 0 aliphatic rings. The highest BCUT2D eigenvalue weighted by Gasteiger charge is 2.17. The van der Waals surface area contributed by atoms with E-state index in [0.29, 0.717) is 5.69 Å². The number of aromatic nitrogens is 2. The molecule has 0 radical (unpaired) electrons. The van der Waals surface area contributed by atoms with E-state index in [1.54, 1.807) is 12.3 Å². The molecule has 92 valence electrons. The number of rotatable bonds is 4. The summed E-state index contributed by atoms with van der Waals surface area (Å²) in [6.07, 6.45) is 2.90. The molecular formula is C11H9FN4O2. The molecule has 1 heterocycles. The van der Waals surface area contributed by atoms with Crippen LogP contribution in [-0.4, -0.2) is 14.9 Å². The quantitative estimate of drug-likeness (QED) is 0.662. The lowest BCUT2D eigenvalue weighted by molar-refractivity contribution is -0.384. The van der Waals surface area contributed by atoms with Crippen molar-refractivity contribution in [2.24, 2.45) is 0 Å². The van der Waals surface area contributed by atoms with Crippen molar-refractivity contribution < 1.29 is 9.31 Å².